The van der Waals surface area contributed by atoms with E-state index in [2.05, 4.69) is 0 Å². The van der Waals surface area contributed by atoms with Gasteiger partial charge in [-0.1, -0.05) is 37.3 Å². The predicted octanol–water partition coefficient (Wildman–Crippen LogP) is 1.97. The van der Waals surface area contributed by atoms with Gasteiger partial charge in [-0.15, -0.1) is 0 Å². The molecule has 2 unspecified atom stereocenters. The van der Waals surface area contributed by atoms with Crippen LogP contribution < -0.4 is 0 Å². The van der Waals surface area contributed by atoms with E-state index in [1.807, 2.05) is 37.3 Å². The average molecular weight is 355 g/mol. The van der Waals surface area contributed by atoms with Crippen LogP contribution in [0.3, 0.4) is 0 Å². The number of nitrogens with zero attached hydrogens (tertiary/aromatic N) is 1. The summed E-state index contributed by atoms with van der Waals surface area (Å²) in [5.74, 6) is -1.49. The molecule has 24 heavy (non-hydrogen) atoms. The molecular weight excluding hydrogens is 330 g/mol. The van der Waals surface area contributed by atoms with Gasteiger partial charge in [0, 0.05) is 19.7 Å². The summed E-state index contributed by atoms with van der Waals surface area (Å²) in [4.78, 5) is 11.2. The van der Waals surface area contributed by atoms with E-state index in [0.29, 0.717) is 32.6 Å². The highest BCUT2D eigenvalue weighted by atomic mass is 32.2. The van der Waals surface area contributed by atoms with E-state index < -0.39 is 21.9 Å². The van der Waals surface area contributed by atoms with Crippen molar-refractivity contribution in [3.63, 3.8) is 0 Å². The van der Waals surface area contributed by atoms with Crippen LogP contribution in [0.1, 0.15) is 25.3 Å². The molecule has 0 radical (unpaired) electrons. The van der Waals surface area contributed by atoms with Crippen LogP contribution in [0.5, 0.6) is 0 Å². The normalized spacial score (nSPS) is 22.4. The molecule has 7 heteroatoms. The Bertz CT molecular complexity index is 632. The second kappa shape index (κ2) is 8.60. The molecule has 1 saturated heterocycles. The molecule has 1 aromatic carbocycles. The fourth-order valence-electron chi connectivity index (χ4n) is 2.95. The van der Waals surface area contributed by atoms with Gasteiger partial charge >= 0.3 is 5.97 Å². The smallest absolute Gasteiger partial charge is 0.307 e. The summed E-state index contributed by atoms with van der Waals surface area (Å²) >= 11 is 0. The third-order valence-corrected chi connectivity index (χ3v) is 6.06. The van der Waals surface area contributed by atoms with E-state index >= 15 is 0 Å². The molecule has 134 valence electrons. The number of aliphatic carboxylic acids is 1. The summed E-state index contributed by atoms with van der Waals surface area (Å²) in [6.45, 7) is 3.19. The topological polar surface area (TPSA) is 83.9 Å². The second-order valence-corrected chi connectivity index (χ2v) is 8.49. The van der Waals surface area contributed by atoms with Crippen LogP contribution in [-0.4, -0.2) is 49.2 Å². The van der Waals surface area contributed by atoms with Crippen LogP contribution in [0, 0.1) is 11.8 Å². The van der Waals surface area contributed by atoms with Gasteiger partial charge in [0.2, 0.25) is 10.0 Å². The lowest BCUT2D eigenvalue weighted by Gasteiger charge is -2.33. The summed E-state index contributed by atoms with van der Waals surface area (Å²) in [5, 5.41) is 9.15. The molecule has 0 aromatic heterocycles. The molecule has 6 nitrogen and oxygen atoms in total. The first-order valence-corrected chi connectivity index (χ1v) is 9.81. The molecule has 2 atom stereocenters. The highest BCUT2D eigenvalue weighted by Crippen LogP contribution is 2.24. The maximum Gasteiger partial charge on any atom is 0.307 e. The number of carbonyl (C=O) groups is 1. The molecule has 0 aliphatic carbocycles. The Kier molecular flexibility index (Phi) is 6.77. The lowest BCUT2D eigenvalue weighted by molar-refractivity contribution is -0.143. The average Bonchev–Trinajstić information content (AvgIpc) is 2.55. The fourth-order valence-corrected chi connectivity index (χ4v) is 4.58. The van der Waals surface area contributed by atoms with E-state index in [1.54, 1.807) is 0 Å². The summed E-state index contributed by atoms with van der Waals surface area (Å²) in [6, 6.07) is 9.70. The Morgan fingerprint density at radius 2 is 2.00 bits per heavy atom. The molecule has 0 bridgehead atoms. The van der Waals surface area contributed by atoms with E-state index in [4.69, 9.17) is 9.84 Å². The molecule has 0 spiro atoms. The Morgan fingerprint density at radius 3 is 2.67 bits per heavy atom. The van der Waals surface area contributed by atoms with Gasteiger partial charge in [0.05, 0.1) is 18.3 Å². The molecular formula is C17H25NO5S. The minimum Gasteiger partial charge on any atom is -0.481 e. The fraction of sp³-hybridized carbons (Fsp3) is 0.588. The SMILES string of the molecule is CC1CC(C(=O)O)CN(S(=O)(=O)CCCOCc2ccccc2)C1. The summed E-state index contributed by atoms with van der Waals surface area (Å²) in [7, 11) is -3.44. The molecule has 2 rings (SSSR count). The number of rotatable bonds is 8. The monoisotopic (exact) mass is 355 g/mol. The lowest BCUT2D eigenvalue weighted by Crippen LogP contribution is -2.46. The largest absolute Gasteiger partial charge is 0.481 e. The van der Waals surface area contributed by atoms with Crippen molar-refractivity contribution < 1.29 is 23.1 Å². The van der Waals surface area contributed by atoms with E-state index in [-0.39, 0.29) is 18.2 Å². The van der Waals surface area contributed by atoms with Gasteiger partial charge < -0.3 is 9.84 Å². The van der Waals surface area contributed by atoms with Gasteiger partial charge in [0.1, 0.15) is 0 Å². The molecule has 1 heterocycles. The van der Waals surface area contributed by atoms with Crippen LogP contribution in [0.25, 0.3) is 0 Å². The molecule has 1 aromatic rings. The van der Waals surface area contributed by atoms with Crippen molar-refractivity contribution in [1.82, 2.24) is 4.31 Å². The first-order chi connectivity index (χ1) is 11.4. The minimum atomic E-state index is -3.44. The van der Waals surface area contributed by atoms with Gasteiger partial charge in [-0.05, 0) is 24.3 Å². The molecule has 1 N–H and O–H groups in total. The number of piperidine rings is 1. The van der Waals surface area contributed by atoms with E-state index in [0.717, 1.165) is 5.56 Å². The zero-order valence-electron chi connectivity index (χ0n) is 13.9. The predicted molar refractivity (Wildman–Crippen MR) is 91.0 cm³/mol. The van der Waals surface area contributed by atoms with Crippen molar-refractivity contribution in [2.75, 3.05) is 25.4 Å². The maximum atomic E-state index is 12.4. The number of sulfonamides is 1. The third-order valence-electron chi connectivity index (χ3n) is 4.17. The number of ether oxygens (including phenoxy) is 1. The van der Waals surface area contributed by atoms with Crippen LogP contribution >= 0.6 is 0 Å². The Balaban J connectivity index is 1.77. The molecule has 1 aliphatic heterocycles. The lowest BCUT2D eigenvalue weighted by atomic mass is 9.92. The van der Waals surface area contributed by atoms with E-state index in [9.17, 15) is 13.2 Å². The van der Waals surface area contributed by atoms with Crippen molar-refractivity contribution in [3.05, 3.63) is 35.9 Å². The third kappa shape index (κ3) is 5.58. The van der Waals surface area contributed by atoms with Crippen molar-refractivity contribution >= 4 is 16.0 Å². The van der Waals surface area contributed by atoms with Crippen molar-refractivity contribution in [3.8, 4) is 0 Å². The Hall–Kier alpha value is -1.44. The Labute approximate surface area is 143 Å². The number of carboxylic acid groups (broad SMARTS) is 1. The van der Waals surface area contributed by atoms with Crippen molar-refractivity contribution in [1.29, 1.82) is 0 Å². The Morgan fingerprint density at radius 1 is 1.29 bits per heavy atom. The molecule has 1 fully saturated rings. The van der Waals surface area contributed by atoms with Gasteiger partial charge in [-0.25, -0.2) is 12.7 Å². The maximum absolute atomic E-state index is 12.4. The van der Waals surface area contributed by atoms with Gasteiger partial charge in [0.25, 0.3) is 0 Å². The quantitative estimate of drug-likeness (QED) is 0.721. The highest BCUT2D eigenvalue weighted by molar-refractivity contribution is 7.89. The first kappa shape index (κ1) is 18.9. The number of benzene rings is 1. The minimum absolute atomic E-state index is 0.0130. The summed E-state index contributed by atoms with van der Waals surface area (Å²) in [6.07, 6.45) is 0.930. The van der Waals surface area contributed by atoms with Crippen LogP contribution in [0.15, 0.2) is 30.3 Å². The van der Waals surface area contributed by atoms with Gasteiger partial charge in [-0.2, -0.15) is 0 Å². The van der Waals surface area contributed by atoms with Crippen LogP contribution in [-0.2, 0) is 26.2 Å². The van der Waals surface area contributed by atoms with Gasteiger partial charge in [-0.3, -0.25) is 4.79 Å². The zero-order chi connectivity index (χ0) is 17.6. The van der Waals surface area contributed by atoms with Crippen molar-refractivity contribution in [2.24, 2.45) is 11.8 Å². The van der Waals surface area contributed by atoms with Crippen LogP contribution in [0.4, 0.5) is 0 Å². The molecule has 1 aliphatic rings. The standard InChI is InChI=1S/C17H25NO5S/c1-14-10-16(17(19)20)12-18(11-14)24(21,22)9-5-8-23-13-15-6-3-2-4-7-15/h2-4,6-7,14,16H,5,8-13H2,1H3,(H,19,20). The molecule has 0 saturated carbocycles. The van der Waals surface area contributed by atoms with Crippen molar-refractivity contribution in [2.45, 2.75) is 26.4 Å². The summed E-state index contributed by atoms with van der Waals surface area (Å²) in [5.41, 5.74) is 1.05. The number of carboxylic acids is 1. The molecule has 0 amide bonds. The highest BCUT2D eigenvalue weighted by Gasteiger charge is 2.35. The summed E-state index contributed by atoms with van der Waals surface area (Å²) < 4.78 is 31.7. The zero-order valence-corrected chi connectivity index (χ0v) is 14.7. The second-order valence-electron chi connectivity index (χ2n) is 6.40. The number of hydrogen-bond acceptors (Lipinski definition) is 4. The van der Waals surface area contributed by atoms with Gasteiger partial charge in [0.15, 0.2) is 0 Å². The van der Waals surface area contributed by atoms with E-state index in [1.165, 1.54) is 4.31 Å². The first-order valence-electron chi connectivity index (χ1n) is 8.21. The number of hydrogen-bond donors (Lipinski definition) is 1. The van der Waals surface area contributed by atoms with Crippen LogP contribution in [0.2, 0.25) is 0 Å².